The van der Waals surface area contributed by atoms with Crippen molar-refractivity contribution in [3.05, 3.63) is 35.6 Å². The Morgan fingerprint density at radius 1 is 1.18 bits per heavy atom. The molecule has 22 heavy (non-hydrogen) atoms. The summed E-state index contributed by atoms with van der Waals surface area (Å²) in [4.78, 5) is 2.77. The Bertz CT molecular complexity index is 686. The van der Waals surface area contributed by atoms with Gasteiger partial charge in [-0.2, -0.15) is 0 Å². The molecule has 3 heterocycles. The highest BCUT2D eigenvalue weighted by Gasteiger charge is 2.44. The van der Waals surface area contributed by atoms with Gasteiger partial charge in [0.1, 0.15) is 11.3 Å². The molecule has 1 saturated heterocycles. The maximum Gasteiger partial charge on any atom is 0.134 e. The van der Waals surface area contributed by atoms with Crippen LogP contribution in [0.4, 0.5) is 0 Å². The monoisotopic (exact) mass is 297 g/mol. The van der Waals surface area contributed by atoms with Crippen LogP contribution < -0.4 is 0 Å². The first kappa shape index (κ1) is 14.3. The zero-order valence-corrected chi connectivity index (χ0v) is 14.2. The first-order chi connectivity index (χ1) is 10.6. The molecule has 2 aromatic rings. The molecule has 1 aromatic carbocycles. The molecule has 2 aliphatic heterocycles. The summed E-state index contributed by atoms with van der Waals surface area (Å²) in [6.45, 7) is 10.8. The van der Waals surface area contributed by atoms with Crippen LogP contribution in [-0.4, -0.2) is 23.5 Å². The van der Waals surface area contributed by atoms with Crippen molar-refractivity contribution in [2.45, 2.75) is 58.5 Å². The van der Waals surface area contributed by atoms with Crippen molar-refractivity contribution in [2.75, 3.05) is 6.54 Å². The lowest BCUT2D eigenvalue weighted by Crippen LogP contribution is -2.52. The molecule has 2 heteroatoms. The van der Waals surface area contributed by atoms with Crippen molar-refractivity contribution < 1.29 is 4.42 Å². The third kappa shape index (κ3) is 2.04. The van der Waals surface area contributed by atoms with E-state index in [2.05, 4.69) is 56.9 Å². The Morgan fingerprint density at radius 3 is 2.73 bits per heavy atom. The van der Waals surface area contributed by atoms with Crippen molar-refractivity contribution in [1.82, 2.24) is 4.90 Å². The van der Waals surface area contributed by atoms with Gasteiger partial charge in [-0.3, -0.25) is 4.90 Å². The molecule has 0 radical (unpaired) electrons. The summed E-state index contributed by atoms with van der Waals surface area (Å²) in [5, 5.41) is 1.34. The molecular weight excluding hydrogens is 270 g/mol. The van der Waals surface area contributed by atoms with Gasteiger partial charge in [-0.1, -0.05) is 39.0 Å². The van der Waals surface area contributed by atoms with Gasteiger partial charge in [-0.25, -0.2) is 0 Å². The normalized spacial score (nSPS) is 34.7. The third-order valence-corrected chi connectivity index (χ3v) is 5.79. The van der Waals surface area contributed by atoms with Crippen molar-refractivity contribution in [3.8, 4) is 0 Å². The topological polar surface area (TPSA) is 16.4 Å². The van der Waals surface area contributed by atoms with Gasteiger partial charge in [-0.15, -0.1) is 0 Å². The summed E-state index contributed by atoms with van der Waals surface area (Å²) in [6.07, 6.45) is 2.39. The predicted molar refractivity (Wildman–Crippen MR) is 91.2 cm³/mol. The molecule has 0 spiro atoms. The van der Waals surface area contributed by atoms with Crippen LogP contribution in [-0.2, 0) is 6.42 Å². The van der Waals surface area contributed by atoms with Gasteiger partial charge in [0.05, 0.1) is 0 Å². The summed E-state index contributed by atoms with van der Waals surface area (Å²) in [6, 6.07) is 9.81. The number of fused-ring (bicyclic) bond motifs is 6. The van der Waals surface area contributed by atoms with Crippen molar-refractivity contribution in [2.24, 2.45) is 11.8 Å². The van der Waals surface area contributed by atoms with Gasteiger partial charge in [0, 0.05) is 35.5 Å². The van der Waals surface area contributed by atoms with E-state index in [9.17, 15) is 0 Å². The first-order valence-corrected chi connectivity index (χ1v) is 8.82. The van der Waals surface area contributed by atoms with E-state index < -0.39 is 0 Å². The number of rotatable bonds is 1. The maximum atomic E-state index is 6.41. The van der Waals surface area contributed by atoms with Crippen LogP contribution in [0.1, 0.15) is 51.4 Å². The van der Waals surface area contributed by atoms with E-state index in [4.69, 9.17) is 4.42 Å². The van der Waals surface area contributed by atoms with Crippen LogP contribution in [0.2, 0.25) is 0 Å². The zero-order valence-electron chi connectivity index (χ0n) is 14.2. The van der Waals surface area contributed by atoms with Gasteiger partial charge in [0.25, 0.3) is 0 Å². The van der Waals surface area contributed by atoms with Crippen molar-refractivity contribution in [1.29, 1.82) is 0 Å². The number of nitrogens with zero attached hydrogens (tertiary/aromatic N) is 1. The summed E-state index contributed by atoms with van der Waals surface area (Å²) >= 11 is 0. The van der Waals surface area contributed by atoms with Crippen LogP contribution in [0.15, 0.2) is 28.7 Å². The molecule has 5 unspecified atom stereocenters. The van der Waals surface area contributed by atoms with Crippen LogP contribution in [0.5, 0.6) is 0 Å². The Hall–Kier alpha value is -1.28. The first-order valence-electron chi connectivity index (χ1n) is 8.82. The Kier molecular flexibility index (Phi) is 3.34. The highest BCUT2D eigenvalue weighted by atomic mass is 16.3. The smallest absolute Gasteiger partial charge is 0.134 e. The molecule has 5 atom stereocenters. The number of hydrogen-bond donors (Lipinski definition) is 0. The molecule has 0 saturated carbocycles. The fourth-order valence-corrected chi connectivity index (χ4v) is 4.98. The van der Waals surface area contributed by atoms with Crippen LogP contribution >= 0.6 is 0 Å². The average molecular weight is 297 g/mol. The van der Waals surface area contributed by atoms with Gasteiger partial charge in [0.15, 0.2) is 0 Å². The highest BCUT2D eigenvalue weighted by Crippen LogP contribution is 2.46. The number of hydrogen-bond acceptors (Lipinski definition) is 2. The second kappa shape index (κ2) is 5.13. The van der Waals surface area contributed by atoms with E-state index in [1.54, 1.807) is 0 Å². The van der Waals surface area contributed by atoms with E-state index in [-0.39, 0.29) is 0 Å². The Balaban J connectivity index is 1.92. The minimum absolute atomic E-state index is 0.552. The molecule has 1 aromatic heterocycles. The summed E-state index contributed by atoms with van der Waals surface area (Å²) in [5.41, 5.74) is 2.56. The molecule has 1 fully saturated rings. The van der Waals surface area contributed by atoms with E-state index in [1.807, 2.05) is 0 Å². The number of furan rings is 1. The molecule has 2 aliphatic rings. The van der Waals surface area contributed by atoms with Gasteiger partial charge < -0.3 is 4.42 Å². The molecule has 2 nitrogen and oxygen atoms in total. The molecule has 2 bridgehead atoms. The summed E-state index contributed by atoms with van der Waals surface area (Å²) in [5.74, 6) is 3.26. The average Bonchev–Trinajstić information content (AvgIpc) is 2.81. The lowest BCUT2D eigenvalue weighted by atomic mass is 9.77. The number of benzene rings is 1. The molecule has 118 valence electrons. The van der Waals surface area contributed by atoms with Gasteiger partial charge >= 0.3 is 0 Å². The SMILES string of the molecule is CC1CC2c3oc4ccccc4c3CC(C)N(C1)C2C(C)C. The van der Waals surface area contributed by atoms with Crippen LogP contribution in [0.3, 0.4) is 0 Å². The van der Waals surface area contributed by atoms with Crippen molar-refractivity contribution >= 4 is 11.0 Å². The zero-order chi connectivity index (χ0) is 15.4. The van der Waals surface area contributed by atoms with Gasteiger partial charge in [0.2, 0.25) is 0 Å². The van der Waals surface area contributed by atoms with Crippen LogP contribution in [0.25, 0.3) is 11.0 Å². The second-order valence-corrected chi connectivity index (χ2v) is 7.87. The highest BCUT2D eigenvalue weighted by molar-refractivity contribution is 5.82. The summed E-state index contributed by atoms with van der Waals surface area (Å²) in [7, 11) is 0. The van der Waals surface area contributed by atoms with Crippen LogP contribution in [0, 0.1) is 11.8 Å². The predicted octanol–water partition coefficient (Wildman–Crippen LogP) is 4.83. The lowest BCUT2D eigenvalue weighted by molar-refractivity contribution is 0.0333. The molecule has 0 amide bonds. The lowest BCUT2D eigenvalue weighted by Gasteiger charge is -2.46. The molecular formula is C20H27NO. The van der Waals surface area contributed by atoms with E-state index in [0.717, 1.165) is 17.9 Å². The minimum Gasteiger partial charge on any atom is -0.460 e. The molecule has 0 aliphatic carbocycles. The molecule has 4 rings (SSSR count). The fourth-order valence-electron chi connectivity index (χ4n) is 4.98. The van der Waals surface area contributed by atoms with Gasteiger partial charge in [-0.05, 0) is 37.7 Å². The number of piperidine rings is 1. The van der Waals surface area contributed by atoms with E-state index >= 15 is 0 Å². The molecule has 0 N–H and O–H groups in total. The second-order valence-electron chi connectivity index (χ2n) is 7.87. The minimum atomic E-state index is 0.552. The van der Waals surface area contributed by atoms with E-state index in [0.29, 0.717) is 23.9 Å². The number of para-hydroxylation sites is 1. The Labute approximate surface area is 133 Å². The standard InChI is InChI=1S/C20H27NO/c1-12(2)19-17-9-13(3)11-21(19)14(4)10-16-15-7-5-6-8-18(15)22-20(16)17/h5-8,12-14,17,19H,9-11H2,1-4H3. The van der Waals surface area contributed by atoms with Crippen molar-refractivity contribution in [3.63, 3.8) is 0 Å². The quantitative estimate of drug-likeness (QED) is 0.750. The third-order valence-electron chi connectivity index (χ3n) is 5.79. The fraction of sp³-hybridized carbons (Fsp3) is 0.600. The Morgan fingerprint density at radius 2 is 1.95 bits per heavy atom. The summed E-state index contributed by atoms with van der Waals surface area (Å²) < 4.78 is 6.41. The maximum absolute atomic E-state index is 6.41. The largest absolute Gasteiger partial charge is 0.460 e. The van der Waals surface area contributed by atoms with E-state index in [1.165, 1.54) is 29.7 Å².